The van der Waals surface area contributed by atoms with E-state index >= 15 is 0 Å². The zero-order chi connectivity index (χ0) is 18.7. The van der Waals surface area contributed by atoms with E-state index < -0.39 is 10.0 Å². The Kier molecular flexibility index (Phi) is 5.24. The van der Waals surface area contributed by atoms with Gasteiger partial charge < -0.3 is 9.64 Å². The van der Waals surface area contributed by atoms with Crippen LogP contribution in [0, 0.1) is 5.82 Å². The largest absolute Gasteiger partial charge is 0.492 e. The molecule has 1 heterocycles. The van der Waals surface area contributed by atoms with Gasteiger partial charge in [-0.2, -0.15) is 0 Å². The van der Waals surface area contributed by atoms with Crippen molar-refractivity contribution in [2.75, 3.05) is 24.6 Å². The Morgan fingerprint density at radius 3 is 2.65 bits per heavy atom. The summed E-state index contributed by atoms with van der Waals surface area (Å²) >= 11 is 0. The van der Waals surface area contributed by atoms with E-state index in [1.165, 1.54) is 37.3 Å². The fourth-order valence-corrected chi connectivity index (χ4v) is 3.89. The van der Waals surface area contributed by atoms with Crippen molar-refractivity contribution < 1.29 is 22.3 Å². The van der Waals surface area contributed by atoms with Gasteiger partial charge in [0.25, 0.3) is 0 Å². The number of benzene rings is 2. The van der Waals surface area contributed by atoms with Crippen molar-refractivity contribution in [2.45, 2.75) is 18.2 Å². The van der Waals surface area contributed by atoms with E-state index in [-0.39, 0.29) is 29.8 Å². The van der Waals surface area contributed by atoms with Gasteiger partial charge in [0.2, 0.25) is 15.9 Å². The minimum Gasteiger partial charge on any atom is -0.492 e. The van der Waals surface area contributed by atoms with Gasteiger partial charge in [-0.1, -0.05) is 0 Å². The lowest BCUT2D eigenvalue weighted by Crippen LogP contribution is -2.28. The molecule has 2 aromatic carbocycles. The van der Waals surface area contributed by atoms with Crippen LogP contribution in [0.15, 0.2) is 47.4 Å². The van der Waals surface area contributed by atoms with Crippen molar-refractivity contribution in [3.8, 4) is 5.75 Å². The molecule has 1 N–H and O–H groups in total. The topological polar surface area (TPSA) is 75.7 Å². The highest BCUT2D eigenvalue weighted by atomic mass is 32.2. The summed E-state index contributed by atoms with van der Waals surface area (Å²) in [5, 5.41) is 0. The lowest BCUT2D eigenvalue weighted by Gasteiger charge is -2.15. The summed E-state index contributed by atoms with van der Waals surface area (Å²) in [6.07, 6.45) is 0.631. The summed E-state index contributed by atoms with van der Waals surface area (Å²) in [5.41, 5.74) is 1.60. The van der Waals surface area contributed by atoms with Crippen LogP contribution < -0.4 is 14.4 Å². The Bertz CT molecular complexity index is 913. The van der Waals surface area contributed by atoms with E-state index in [9.17, 15) is 17.6 Å². The van der Waals surface area contributed by atoms with E-state index in [1.54, 1.807) is 17.0 Å². The van der Waals surface area contributed by atoms with Gasteiger partial charge in [0.05, 0.1) is 4.90 Å². The van der Waals surface area contributed by atoms with E-state index in [4.69, 9.17) is 4.74 Å². The number of sulfonamides is 1. The summed E-state index contributed by atoms with van der Waals surface area (Å²) in [7, 11) is -3.67. The first-order valence-corrected chi connectivity index (χ1v) is 9.64. The molecule has 0 aliphatic carbocycles. The van der Waals surface area contributed by atoms with Gasteiger partial charge in [0.15, 0.2) is 0 Å². The molecule has 138 valence electrons. The molecule has 0 aromatic heterocycles. The number of rotatable bonds is 6. The molecule has 2 aromatic rings. The summed E-state index contributed by atoms with van der Waals surface area (Å²) in [6.45, 7) is 2.25. The number of carbonyl (C=O) groups is 1. The van der Waals surface area contributed by atoms with Gasteiger partial charge in [0, 0.05) is 25.7 Å². The van der Waals surface area contributed by atoms with Crippen molar-refractivity contribution in [2.24, 2.45) is 0 Å². The van der Waals surface area contributed by atoms with Crippen LogP contribution in [0.3, 0.4) is 0 Å². The van der Waals surface area contributed by atoms with Gasteiger partial charge in [-0.3, -0.25) is 4.79 Å². The predicted octanol–water partition coefficient (Wildman–Crippen LogP) is 2.09. The number of amides is 1. The minimum absolute atomic E-state index is 0.0598. The average Bonchev–Trinajstić information content (AvgIpc) is 3.04. The van der Waals surface area contributed by atoms with Crippen LogP contribution in [0.2, 0.25) is 0 Å². The molecular weight excluding hydrogens is 359 g/mol. The molecule has 1 aliphatic rings. The Morgan fingerprint density at radius 2 is 1.96 bits per heavy atom. The third kappa shape index (κ3) is 4.03. The Morgan fingerprint density at radius 1 is 1.23 bits per heavy atom. The molecule has 0 bridgehead atoms. The smallest absolute Gasteiger partial charge is 0.240 e. The molecule has 1 amide bonds. The Hall–Kier alpha value is -2.45. The number of halogens is 1. The maximum atomic E-state index is 12.8. The maximum absolute atomic E-state index is 12.8. The van der Waals surface area contributed by atoms with Crippen LogP contribution in [-0.2, 0) is 21.2 Å². The second-order valence-corrected chi connectivity index (χ2v) is 7.68. The van der Waals surface area contributed by atoms with Gasteiger partial charge in [-0.15, -0.1) is 0 Å². The lowest BCUT2D eigenvalue weighted by atomic mass is 10.2. The van der Waals surface area contributed by atoms with Crippen molar-refractivity contribution in [3.05, 3.63) is 53.8 Å². The number of fused-ring (bicyclic) bond motifs is 1. The zero-order valence-corrected chi connectivity index (χ0v) is 15.1. The Balaban J connectivity index is 1.60. The highest BCUT2D eigenvalue weighted by molar-refractivity contribution is 7.89. The molecule has 0 radical (unpaired) electrons. The number of anilines is 1. The lowest BCUT2D eigenvalue weighted by molar-refractivity contribution is -0.116. The summed E-state index contributed by atoms with van der Waals surface area (Å²) in [5.74, 6) is 0.0425. The van der Waals surface area contributed by atoms with E-state index in [2.05, 4.69) is 4.72 Å². The fraction of sp³-hybridized carbons (Fsp3) is 0.278. The monoisotopic (exact) mass is 378 g/mol. The molecule has 0 saturated heterocycles. The highest BCUT2D eigenvalue weighted by Gasteiger charge is 2.24. The quantitative estimate of drug-likeness (QED) is 0.781. The molecule has 0 unspecified atom stereocenters. The molecule has 0 saturated carbocycles. The number of nitrogens with one attached hydrogen (secondary N) is 1. The fourth-order valence-electron chi connectivity index (χ4n) is 2.83. The SMILES string of the molecule is CC(=O)N1CCc2cc(S(=O)(=O)NCCOc3ccc(F)cc3)ccc21. The van der Waals surface area contributed by atoms with Crippen molar-refractivity contribution in [1.82, 2.24) is 4.72 Å². The molecule has 6 nitrogen and oxygen atoms in total. The minimum atomic E-state index is -3.67. The third-order valence-electron chi connectivity index (χ3n) is 4.11. The van der Waals surface area contributed by atoms with Crippen LogP contribution in [0.4, 0.5) is 10.1 Å². The first kappa shape index (κ1) is 18.3. The van der Waals surface area contributed by atoms with E-state index in [0.29, 0.717) is 18.7 Å². The number of carbonyl (C=O) groups excluding carboxylic acids is 1. The van der Waals surface area contributed by atoms with Gasteiger partial charge in [0.1, 0.15) is 18.2 Å². The zero-order valence-electron chi connectivity index (χ0n) is 14.2. The summed E-state index contributed by atoms with van der Waals surface area (Å²) in [6, 6.07) is 10.2. The Labute approximate surface area is 151 Å². The normalized spacial score (nSPS) is 13.5. The van der Waals surface area contributed by atoms with Gasteiger partial charge >= 0.3 is 0 Å². The van der Waals surface area contributed by atoms with E-state index in [0.717, 1.165) is 11.3 Å². The van der Waals surface area contributed by atoms with Crippen molar-refractivity contribution >= 4 is 21.6 Å². The predicted molar refractivity (Wildman–Crippen MR) is 95.3 cm³/mol. The van der Waals surface area contributed by atoms with Crippen LogP contribution in [0.5, 0.6) is 5.75 Å². The molecule has 0 spiro atoms. The van der Waals surface area contributed by atoms with Crippen molar-refractivity contribution in [3.63, 3.8) is 0 Å². The number of hydrogen-bond donors (Lipinski definition) is 1. The highest BCUT2D eigenvalue weighted by Crippen LogP contribution is 2.30. The van der Waals surface area contributed by atoms with E-state index in [1.807, 2.05) is 0 Å². The maximum Gasteiger partial charge on any atom is 0.240 e. The molecule has 3 rings (SSSR count). The number of nitrogens with zero attached hydrogens (tertiary/aromatic N) is 1. The first-order chi connectivity index (χ1) is 12.4. The van der Waals surface area contributed by atoms with Crippen LogP contribution in [-0.4, -0.2) is 34.0 Å². The number of ether oxygens (including phenoxy) is 1. The second-order valence-electron chi connectivity index (χ2n) is 5.91. The molecule has 8 heteroatoms. The summed E-state index contributed by atoms with van der Waals surface area (Å²) < 4.78 is 45.5. The standard InChI is InChI=1S/C18H19FN2O4S/c1-13(22)21-10-8-14-12-17(6-7-18(14)21)26(23,24)20-9-11-25-16-4-2-15(19)3-5-16/h2-7,12,20H,8-11H2,1H3. The van der Waals surface area contributed by atoms with Gasteiger partial charge in [-0.05, 0) is 54.4 Å². The summed E-state index contributed by atoms with van der Waals surface area (Å²) in [4.78, 5) is 13.4. The second kappa shape index (κ2) is 7.43. The molecule has 0 fully saturated rings. The van der Waals surface area contributed by atoms with Gasteiger partial charge in [-0.25, -0.2) is 17.5 Å². The molecule has 0 atom stereocenters. The molecule has 26 heavy (non-hydrogen) atoms. The molecule has 1 aliphatic heterocycles. The van der Waals surface area contributed by atoms with Crippen molar-refractivity contribution in [1.29, 1.82) is 0 Å². The van der Waals surface area contributed by atoms with Crippen LogP contribution in [0.1, 0.15) is 12.5 Å². The van der Waals surface area contributed by atoms with Crippen LogP contribution >= 0.6 is 0 Å². The van der Waals surface area contributed by atoms with Crippen LogP contribution in [0.25, 0.3) is 0 Å². The molecular formula is C18H19FN2O4S. The first-order valence-electron chi connectivity index (χ1n) is 8.16. The third-order valence-corrected chi connectivity index (χ3v) is 5.57. The average molecular weight is 378 g/mol. The number of hydrogen-bond acceptors (Lipinski definition) is 4.